The predicted molar refractivity (Wildman–Crippen MR) is 19.3 cm³/mol. The van der Waals surface area contributed by atoms with Gasteiger partial charge >= 0.3 is 69.2 Å². The van der Waals surface area contributed by atoms with Gasteiger partial charge in [-0.2, -0.15) is 0 Å². The van der Waals surface area contributed by atoms with E-state index in [1.807, 2.05) is 0 Å². The van der Waals surface area contributed by atoms with Crippen molar-refractivity contribution >= 4 is 69.2 Å². The van der Waals surface area contributed by atoms with Gasteiger partial charge in [-0.05, 0) is 0 Å². The fourth-order valence-corrected chi connectivity index (χ4v) is 0. The van der Waals surface area contributed by atoms with Crippen LogP contribution in [0.15, 0.2) is 0 Å². The molecule has 3 nitrogen and oxygen atoms in total. The van der Waals surface area contributed by atoms with Gasteiger partial charge in [0.1, 0.15) is 0 Å². The van der Waals surface area contributed by atoms with E-state index in [9.17, 15) is 0 Å². The van der Waals surface area contributed by atoms with E-state index >= 15 is 0 Å². The third kappa shape index (κ3) is 34.9. The van der Waals surface area contributed by atoms with Crippen molar-refractivity contribution in [1.82, 2.24) is 0 Å². The first-order valence-electron chi connectivity index (χ1n) is 0. The SMILES string of the molecule is [Mg+2].[Mg+2].[Mg+2].[O-2].[O-2].[O-2]. The van der Waals surface area contributed by atoms with Crippen LogP contribution in [0.1, 0.15) is 0 Å². The monoisotopic (exact) mass is 120 g/mol. The first-order chi connectivity index (χ1) is 0. The molecule has 0 saturated heterocycles. The van der Waals surface area contributed by atoms with Crippen molar-refractivity contribution in [2.75, 3.05) is 0 Å². The molecular formula is Mg3O3. The van der Waals surface area contributed by atoms with Crippen molar-refractivity contribution in [1.29, 1.82) is 0 Å². The molecule has 6 heteroatoms. The van der Waals surface area contributed by atoms with Crippen LogP contribution in [0.25, 0.3) is 0 Å². The molecule has 0 aliphatic rings. The number of hydrogen-bond acceptors (Lipinski definition) is 0. The third-order valence-electron chi connectivity index (χ3n) is 0. The molecule has 0 atom stereocenters. The minimum Gasteiger partial charge on any atom is -2.00 e. The topological polar surface area (TPSA) is 85.5 Å². The smallest absolute Gasteiger partial charge is 2.00 e. The van der Waals surface area contributed by atoms with Crippen LogP contribution in [-0.4, -0.2) is 69.2 Å². The molecule has 0 aromatic rings. The molecule has 0 fully saturated rings. The van der Waals surface area contributed by atoms with Gasteiger partial charge in [-0.15, -0.1) is 0 Å². The normalized spacial score (nSPS) is 0. The van der Waals surface area contributed by atoms with Gasteiger partial charge in [0.2, 0.25) is 0 Å². The fraction of sp³-hybridized carbons (Fsp3) is 0. The summed E-state index contributed by atoms with van der Waals surface area (Å²) in [7, 11) is 0. The van der Waals surface area contributed by atoms with Crippen molar-refractivity contribution in [3.8, 4) is 0 Å². The molecule has 0 radical (unpaired) electrons. The quantitative estimate of drug-likeness (QED) is 0.349. The van der Waals surface area contributed by atoms with Crippen LogP contribution >= 0.6 is 0 Å². The Hall–Kier alpha value is 2.18. The summed E-state index contributed by atoms with van der Waals surface area (Å²) in [6.45, 7) is 0. The Morgan fingerprint density at radius 1 is 0.333 bits per heavy atom. The van der Waals surface area contributed by atoms with Gasteiger partial charge in [-0.1, -0.05) is 0 Å². The molecule has 0 rings (SSSR count). The minimum atomic E-state index is 0. The predicted octanol–water partition coefficient (Wildman–Crippen LogP) is -1.50. The first kappa shape index (κ1) is 88.8. The summed E-state index contributed by atoms with van der Waals surface area (Å²) in [5, 5.41) is 0. The second-order valence-corrected chi connectivity index (χ2v) is 0. The minimum absolute atomic E-state index is 0. The van der Waals surface area contributed by atoms with Crippen molar-refractivity contribution in [2.24, 2.45) is 0 Å². The van der Waals surface area contributed by atoms with E-state index in [2.05, 4.69) is 0 Å². The van der Waals surface area contributed by atoms with E-state index in [0.717, 1.165) is 0 Å². The van der Waals surface area contributed by atoms with Crippen molar-refractivity contribution < 1.29 is 16.4 Å². The van der Waals surface area contributed by atoms with Crippen LogP contribution < -0.4 is 0 Å². The van der Waals surface area contributed by atoms with Crippen molar-refractivity contribution in [3.63, 3.8) is 0 Å². The first-order valence-corrected chi connectivity index (χ1v) is 0. The van der Waals surface area contributed by atoms with E-state index in [0.29, 0.717) is 0 Å². The summed E-state index contributed by atoms with van der Waals surface area (Å²) in [6, 6.07) is 0. The molecule has 24 valence electrons. The molecule has 0 aliphatic heterocycles. The molecule has 0 aromatic heterocycles. The summed E-state index contributed by atoms with van der Waals surface area (Å²) in [4.78, 5) is 0. The van der Waals surface area contributed by atoms with Crippen molar-refractivity contribution in [2.45, 2.75) is 0 Å². The Labute approximate surface area is 84.6 Å². The molecule has 0 saturated carbocycles. The summed E-state index contributed by atoms with van der Waals surface area (Å²) in [5.74, 6) is 0. The van der Waals surface area contributed by atoms with Gasteiger partial charge in [0.25, 0.3) is 0 Å². The van der Waals surface area contributed by atoms with Crippen LogP contribution in [-0.2, 0) is 16.4 Å². The van der Waals surface area contributed by atoms with Gasteiger partial charge in [0, 0.05) is 0 Å². The molecule has 0 spiro atoms. The number of rotatable bonds is 0. The van der Waals surface area contributed by atoms with Crippen LogP contribution in [0.3, 0.4) is 0 Å². The van der Waals surface area contributed by atoms with E-state index in [4.69, 9.17) is 0 Å². The van der Waals surface area contributed by atoms with Crippen LogP contribution in [0.2, 0.25) is 0 Å². The average molecular weight is 121 g/mol. The molecule has 0 aromatic carbocycles. The van der Waals surface area contributed by atoms with E-state index in [1.54, 1.807) is 0 Å². The van der Waals surface area contributed by atoms with Gasteiger partial charge < -0.3 is 16.4 Å². The molecule has 0 amide bonds. The maximum Gasteiger partial charge on any atom is 2.00 e. The number of hydrogen-bond donors (Lipinski definition) is 0. The summed E-state index contributed by atoms with van der Waals surface area (Å²) < 4.78 is 0. The Bertz CT molecular complexity index is 6.00. The standard InChI is InChI=1S/3Mg.3O/q3*+2;3*-2. The van der Waals surface area contributed by atoms with Gasteiger partial charge in [0.05, 0.1) is 0 Å². The summed E-state index contributed by atoms with van der Waals surface area (Å²) in [6.07, 6.45) is 0. The van der Waals surface area contributed by atoms with Crippen LogP contribution in [0.4, 0.5) is 0 Å². The summed E-state index contributed by atoms with van der Waals surface area (Å²) in [5.41, 5.74) is 0. The van der Waals surface area contributed by atoms with Gasteiger partial charge in [-0.25, -0.2) is 0 Å². The van der Waals surface area contributed by atoms with Gasteiger partial charge in [0.15, 0.2) is 0 Å². The molecule has 0 aliphatic carbocycles. The second kappa shape index (κ2) is 57.7. The Morgan fingerprint density at radius 2 is 0.333 bits per heavy atom. The molecule has 0 heterocycles. The Kier molecular flexibility index (Phi) is 854. The molecule has 0 unspecified atom stereocenters. The summed E-state index contributed by atoms with van der Waals surface area (Å²) >= 11 is 0. The van der Waals surface area contributed by atoms with Crippen LogP contribution in [0.5, 0.6) is 0 Å². The van der Waals surface area contributed by atoms with Crippen molar-refractivity contribution in [3.05, 3.63) is 0 Å². The fourth-order valence-electron chi connectivity index (χ4n) is 0. The van der Waals surface area contributed by atoms with E-state index < -0.39 is 0 Å². The van der Waals surface area contributed by atoms with Crippen LogP contribution in [0, 0.1) is 0 Å². The maximum absolute atomic E-state index is 0. The molecule has 0 bridgehead atoms. The zero-order chi connectivity index (χ0) is 0. The maximum atomic E-state index is 0. The van der Waals surface area contributed by atoms with E-state index in [-0.39, 0.29) is 85.6 Å². The second-order valence-electron chi connectivity index (χ2n) is 0. The molecule has 6 heavy (non-hydrogen) atoms. The Morgan fingerprint density at radius 3 is 0.333 bits per heavy atom. The zero-order valence-electron chi connectivity index (χ0n) is 3.35. The van der Waals surface area contributed by atoms with E-state index in [1.165, 1.54) is 0 Å². The molecule has 0 N–H and O–H groups in total. The zero-order valence-corrected chi connectivity index (χ0v) is 7.59. The average Bonchev–Trinajstić information content (AvgIpc) is 0. The largest absolute Gasteiger partial charge is 2.00 e. The Balaban J connectivity index is 0. The third-order valence-corrected chi connectivity index (χ3v) is 0. The van der Waals surface area contributed by atoms with Gasteiger partial charge in [-0.3, -0.25) is 0 Å². The molecular weight excluding hydrogens is 121 g/mol.